The molecular weight excluding hydrogens is 224 g/mol. The molecule has 0 rings (SSSR count). The molecule has 0 aliphatic rings. The van der Waals surface area contributed by atoms with E-state index >= 15 is 0 Å². The zero-order valence-corrected chi connectivity index (χ0v) is 9.94. The molecule has 0 aliphatic heterocycles. The van der Waals surface area contributed by atoms with Gasteiger partial charge in [0, 0.05) is 12.6 Å². The lowest BCUT2D eigenvalue weighted by atomic mass is 10.4. The molecule has 0 aromatic carbocycles. The topological polar surface area (TPSA) is 83.6 Å². The van der Waals surface area contributed by atoms with Crippen LogP contribution in [0.5, 0.6) is 0 Å². The van der Waals surface area contributed by atoms with Crippen LogP contribution in [0.25, 0.3) is 0 Å². The van der Waals surface area contributed by atoms with Crippen molar-refractivity contribution in [3.05, 3.63) is 0 Å². The van der Waals surface area contributed by atoms with Crippen molar-refractivity contribution in [2.24, 2.45) is 5.73 Å². The summed E-state index contributed by atoms with van der Waals surface area (Å²) in [5, 5.41) is 8.71. The predicted octanol–water partition coefficient (Wildman–Crippen LogP) is -0.695. The lowest BCUT2D eigenvalue weighted by Gasteiger charge is -2.24. The highest BCUT2D eigenvalue weighted by Crippen LogP contribution is 2.06. The number of nitrogens with zero attached hydrogens (tertiary/aromatic N) is 1. The molecule has 0 bridgehead atoms. The summed E-state index contributed by atoms with van der Waals surface area (Å²) in [5.41, 5.74) is 5.18. The Morgan fingerprint density at radius 2 is 2.07 bits per heavy atom. The van der Waals surface area contributed by atoms with Crippen LogP contribution < -0.4 is 5.73 Å². The molecule has 84 valence electrons. The van der Waals surface area contributed by atoms with E-state index in [1.54, 1.807) is 13.8 Å². The molecule has 0 saturated carbocycles. The first-order valence-corrected chi connectivity index (χ1v) is 6.21. The summed E-state index contributed by atoms with van der Waals surface area (Å²) in [7, 11) is -3.48. The van der Waals surface area contributed by atoms with Crippen molar-refractivity contribution in [3.8, 4) is 0 Å². The van der Waals surface area contributed by atoms with E-state index in [9.17, 15) is 8.42 Å². The molecule has 0 unspecified atom stereocenters. The molecule has 0 aromatic heterocycles. The van der Waals surface area contributed by atoms with Crippen LogP contribution in [0.4, 0.5) is 0 Å². The fourth-order valence-corrected chi connectivity index (χ4v) is 3.05. The number of hydrogen-bond acceptors (Lipinski definition) is 4. The Balaban J connectivity index is 4.72. The van der Waals surface area contributed by atoms with Crippen LogP contribution >= 0.6 is 12.2 Å². The molecule has 0 heterocycles. The SMILES string of the molecule is CC(C)N(CCO)S(=O)(=O)CC(N)=S. The highest BCUT2D eigenvalue weighted by atomic mass is 32.2. The molecule has 14 heavy (non-hydrogen) atoms. The van der Waals surface area contributed by atoms with Crippen LogP contribution in [0.3, 0.4) is 0 Å². The normalized spacial score (nSPS) is 12.4. The molecule has 0 atom stereocenters. The third kappa shape index (κ3) is 4.32. The molecule has 0 amide bonds. The van der Waals surface area contributed by atoms with Gasteiger partial charge in [-0.1, -0.05) is 12.2 Å². The van der Waals surface area contributed by atoms with Gasteiger partial charge in [0.05, 0.1) is 11.6 Å². The first-order chi connectivity index (χ1) is 6.31. The molecule has 7 heteroatoms. The van der Waals surface area contributed by atoms with Gasteiger partial charge in [0.25, 0.3) is 0 Å². The summed E-state index contributed by atoms with van der Waals surface area (Å²) in [6.07, 6.45) is 0. The summed E-state index contributed by atoms with van der Waals surface area (Å²) in [5.74, 6) is -0.347. The Labute approximate surface area is 89.9 Å². The van der Waals surface area contributed by atoms with Gasteiger partial charge in [-0.15, -0.1) is 0 Å². The second-order valence-corrected chi connectivity index (χ2v) is 5.60. The van der Waals surface area contributed by atoms with Gasteiger partial charge in [0.2, 0.25) is 10.0 Å². The van der Waals surface area contributed by atoms with Crippen molar-refractivity contribution >= 4 is 27.2 Å². The van der Waals surface area contributed by atoms with E-state index in [0.29, 0.717) is 0 Å². The highest BCUT2D eigenvalue weighted by molar-refractivity contribution is 7.92. The van der Waals surface area contributed by atoms with Gasteiger partial charge < -0.3 is 10.8 Å². The van der Waals surface area contributed by atoms with Gasteiger partial charge in [0.1, 0.15) is 5.75 Å². The summed E-state index contributed by atoms with van der Waals surface area (Å²) < 4.78 is 24.4. The van der Waals surface area contributed by atoms with Gasteiger partial charge in [-0.25, -0.2) is 8.42 Å². The quantitative estimate of drug-likeness (QED) is 0.600. The van der Waals surface area contributed by atoms with Crippen LogP contribution in [0.1, 0.15) is 13.8 Å². The maximum atomic E-state index is 11.6. The first-order valence-electron chi connectivity index (χ1n) is 4.20. The lowest BCUT2D eigenvalue weighted by Crippen LogP contribution is -2.42. The second kappa shape index (κ2) is 5.59. The average Bonchev–Trinajstić information content (AvgIpc) is 1.96. The predicted molar refractivity (Wildman–Crippen MR) is 59.5 cm³/mol. The van der Waals surface area contributed by atoms with Crippen LogP contribution in [0, 0.1) is 0 Å². The third-order valence-electron chi connectivity index (χ3n) is 1.58. The largest absolute Gasteiger partial charge is 0.395 e. The second-order valence-electron chi connectivity index (χ2n) is 3.15. The van der Waals surface area contributed by atoms with Crippen molar-refractivity contribution in [1.82, 2.24) is 4.31 Å². The number of hydrogen-bond donors (Lipinski definition) is 2. The Morgan fingerprint density at radius 3 is 2.36 bits per heavy atom. The maximum absolute atomic E-state index is 11.6. The van der Waals surface area contributed by atoms with Crippen molar-refractivity contribution < 1.29 is 13.5 Å². The number of aliphatic hydroxyl groups excluding tert-OH is 1. The third-order valence-corrected chi connectivity index (χ3v) is 3.90. The fourth-order valence-electron chi connectivity index (χ4n) is 1.08. The van der Waals surface area contributed by atoms with E-state index in [1.165, 1.54) is 4.31 Å². The van der Waals surface area contributed by atoms with Crippen molar-refractivity contribution in [2.45, 2.75) is 19.9 Å². The highest BCUT2D eigenvalue weighted by Gasteiger charge is 2.24. The van der Waals surface area contributed by atoms with Crippen LogP contribution in [-0.2, 0) is 10.0 Å². The van der Waals surface area contributed by atoms with Gasteiger partial charge in [-0.2, -0.15) is 4.31 Å². The number of thiocarbonyl (C=S) groups is 1. The number of aliphatic hydroxyl groups is 1. The van der Waals surface area contributed by atoms with Gasteiger partial charge in [0.15, 0.2) is 0 Å². The number of rotatable bonds is 6. The molecule has 0 aromatic rings. The van der Waals surface area contributed by atoms with Gasteiger partial charge in [-0.05, 0) is 13.8 Å². The Morgan fingerprint density at radius 1 is 1.57 bits per heavy atom. The lowest BCUT2D eigenvalue weighted by molar-refractivity contribution is 0.237. The standard InChI is InChI=1S/C7H16N2O3S2/c1-6(2)9(3-4-10)14(11,12)5-7(8)13/h6,10H,3-5H2,1-2H3,(H2,8,13). The molecule has 0 spiro atoms. The van der Waals surface area contributed by atoms with E-state index < -0.39 is 10.0 Å². The Hall–Kier alpha value is -0.240. The monoisotopic (exact) mass is 240 g/mol. The van der Waals surface area contributed by atoms with Crippen LogP contribution in [0.15, 0.2) is 0 Å². The number of nitrogens with two attached hydrogens (primary N) is 1. The maximum Gasteiger partial charge on any atom is 0.220 e. The molecule has 0 aliphatic carbocycles. The Bertz CT molecular complexity index is 287. The van der Waals surface area contributed by atoms with Crippen LogP contribution in [-0.4, -0.2) is 47.8 Å². The molecular formula is C7H16N2O3S2. The van der Waals surface area contributed by atoms with Gasteiger partial charge in [-0.3, -0.25) is 0 Å². The first kappa shape index (κ1) is 13.8. The smallest absolute Gasteiger partial charge is 0.220 e. The van der Waals surface area contributed by atoms with E-state index in [2.05, 4.69) is 12.2 Å². The zero-order valence-electron chi connectivity index (χ0n) is 8.30. The summed E-state index contributed by atoms with van der Waals surface area (Å²) >= 11 is 4.54. The summed E-state index contributed by atoms with van der Waals surface area (Å²) in [6.45, 7) is 3.32. The average molecular weight is 240 g/mol. The number of sulfonamides is 1. The van der Waals surface area contributed by atoms with Crippen molar-refractivity contribution in [1.29, 1.82) is 0 Å². The molecule has 0 fully saturated rings. The molecule has 5 nitrogen and oxygen atoms in total. The van der Waals surface area contributed by atoms with E-state index in [4.69, 9.17) is 10.8 Å². The summed E-state index contributed by atoms with van der Waals surface area (Å²) in [6, 6.07) is -0.207. The molecule has 3 N–H and O–H groups in total. The minimum absolute atomic E-state index is 0.0615. The van der Waals surface area contributed by atoms with Crippen LogP contribution in [0.2, 0.25) is 0 Å². The fraction of sp³-hybridized carbons (Fsp3) is 0.857. The minimum Gasteiger partial charge on any atom is -0.395 e. The van der Waals surface area contributed by atoms with Gasteiger partial charge >= 0.3 is 0 Å². The van der Waals surface area contributed by atoms with E-state index in [0.717, 1.165) is 0 Å². The van der Waals surface area contributed by atoms with E-state index in [-0.39, 0.29) is 29.9 Å². The molecule has 0 radical (unpaired) electrons. The van der Waals surface area contributed by atoms with Crippen molar-refractivity contribution in [3.63, 3.8) is 0 Å². The van der Waals surface area contributed by atoms with Crippen molar-refractivity contribution in [2.75, 3.05) is 18.9 Å². The molecule has 0 saturated heterocycles. The Kier molecular flexibility index (Phi) is 5.50. The summed E-state index contributed by atoms with van der Waals surface area (Å²) in [4.78, 5) is -0.0615. The zero-order chi connectivity index (χ0) is 11.4. The minimum atomic E-state index is -3.48. The van der Waals surface area contributed by atoms with E-state index in [1.807, 2.05) is 0 Å².